The Morgan fingerprint density at radius 1 is 1.30 bits per heavy atom. The minimum Gasteiger partial charge on any atom is -0.207 e. The monoisotopic (exact) mass is 291 g/mol. The Balaban J connectivity index is 2.02. The maximum absolute atomic E-state index is 12.5. The molecule has 0 fully saturated rings. The van der Waals surface area contributed by atoms with Gasteiger partial charge in [0.25, 0.3) is 0 Å². The standard InChI is InChI=1S/C16H21NO2S/c1-3-4-5-6-15-11-12-17(13-15)20(18,19)16-9-7-14(2)8-10-16/h3,7-11H,1,4-6,12-13H2,2H3. The fourth-order valence-corrected chi connectivity index (χ4v) is 3.67. The predicted octanol–water partition coefficient (Wildman–Crippen LogP) is 3.28. The van der Waals surface area contributed by atoms with Crippen LogP contribution in [-0.4, -0.2) is 25.8 Å². The number of hydrogen-bond donors (Lipinski definition) is 0. The number of unbranched alkanes of at least 4 members (excludes halogenated alkanes) is 1. The fourth-order valence-electron chi connectivity index (χ4n) is 2.28. The summed E-state index contributed by atoms with van der Waals surface area (Å²) in [6.07, 6.45) is 6.90. The first-order chi connectivity index (χ1) is 9.54. The third kappa shape index (κ3) is 3.38. The molecule has 4 heteroatoms. The van der Waals surface area contributed by atoms with Gasteiger partial charge in [-0.3, -0.25) is 0 Å². The first-order valence-corrected chi connectivity index (χ1v) is 8.33. The molecule has 1 aliphatic heterocycles. The van der Waals surface area contributed by atoms with Gasteiger partial charge in [0.05, 0.1) is 4.90 Å². The maximum Gasteiger partial charge on any atom is 0.243 e. The number of rotatable bonds is 6. The summed E-state index contributed by atoms with van der Waals surface area (Å²) in [4.78, 5) is 0.379. The van der Waals surface area contributed by atoms with E-state index < -0.39 is 10.0 Å². The van der Waals surface area contributed by atoms with Gasteiger partial charge in [-0.25, -0.2) is 8.42 Å². The van der Waals surface area contributed by atoms with E-state index in [1.54, 1.807) is 16.4 Å². The molecular weight excluding hydrogens is 270 g/mol. The number of hydrogen-bond acceptors (Lipinski definition) is 2. The highest BCUT2D eigenvalue weighted by Crippen LogP contribution is 2.23. The van der Waals surface area contributed by atoms with Crippen molar-refractivity contribution in [2.45, 2.75) is 31.1 Å². The van der Waals surface area contributed by atoms with E-state index in [0.717, 1.165) is 24.8 Å². The molecule has 1 aliphatic rings. The molecule has 0 N–H and O–H groups in total. The average Bonchev–Trinajstić information content (AvgIpc) is 2.89. The van der Waals surface area contributed by atoms with Gasteiger partial charge in [-0.15, -0.1) is 6.58 Å². The van der Waals surface area contributed by atoms with Gasteiger partial charge >= 0.3 is 0 Å². The highest BCUT2D eigenvalue weighted by atomic mass is 32.2. The van der Waals surface area contributed by atoms with Crippen molar-refractivity contribution >= 4 is 10.0 Å². The van der Waals surface area contributed by atoms with Crippen molar-refractivity contribution < 1.29 is 8.42 Å². The SMILES string of the molecule is C=CCCCC1=CCN(S(=O)(=O)c2ccc(C)cc2)C1. The van der Waals surface area contributed by atoms with Crippen LogP contribution < -0.4 is 0 Å². The summed E-state index contributed by atoms with van der Waals surface area (Å²) >= 11 is 0. The Morgan fingerprint density at radius 2 is 2.00 bits per heavy atom. The Hall–Kier alpha value is -1.39. The van der Waals surface area contributed by atoms with E-state index in [2.05, 4.69) is 6.58 Å². The highest BCUT2D eigenvalue weighted by Gasteiger charge is 2.27. The summed E-state index contributed by atoms with van der Waals surface area (Å²) in [6.45, 7) is 6.66. The van der Waals surface area contributed by atoms with E-state index in [1.807, 2.05) is 31.2 Å². The van der Waals surface area contributed by atoms with Gasteiger partial charge in [-0.1, -0.05) is 35.4 Å². The second-order valence-electron chi connectivity index (χ2n) is 5.15. The van der Waals surface area contributed by atoms with E-state index in [1.165, 1.54) is 5.57 Å². The van der Waals surface area contributed by atoms with Crippen LogP contribution in [0.3, 0.4) is 0 Å². The van der Waals surface area contributed by atoms with Gasteiger partial charge in [0, 0.05) is 13.1 Å². The minimum atomic E-state index is -3.36. The van der Waals surface area contributed by atoms with Gasteiger partial charge in [0.2, 0.25) is 10.0 Å². The van der Waals surface area contributed by atoms with Gasteiger partial charge in [0.15, 0.2) is 0 Å². The Labute approximate surface area is 121 Å². The molecule has 1 heterocycles. The summed E-state index contributed by atoms with van der Waals surface area (Å²) in [7, 11) is -3.36. The van der Waals surface area contributed by atoms with Gasteiger partial charge in [0.1, 0.15) is 0 Å². The van der Waals surface area contributed by atoms with E-state index in [9.17, 15) is 8.42 Å². The van der Waals surface area contributed by atoms with Crippen molar-refractivity contribution in [2.24, 2.45) is 0 Å². The second kappa shape index (κ2) is 6.37. The van der Waals surface area contributed by atoms with Crippen molar-refractivity contribution in [3.05, 3.63) is 54.1 Å². The van der Waals surface area contributed by atoms with Crippen LogP contribution in [0, 0.1) is 6.92 Å². The van der Waals surface area contributed by atoms with Crippen LogP contribution in [0.1, 0.15) is 24.8 Å². The largest absolute Gasteiger partial charge is 0.243 e. The average molecular weight is 291 g/mol. The van der Waals surface area contributed by atoms with Crippen LogP contribution in [0.5, 0.6) is 0 Å². The minimum absolute atomic E-state index is 0.379. The Morgan fingerprint density at radius 3 is 2.65 bits per heavy atom. The van der Waals surface area contributed by atoms with Crippen molar-refractivity contribution in [1.82, 2.24) is 4.31 Å². The molecule has 3 nitrogen and oxygen atoms in total. The summed E-state index contributed by atoms with van der Waals surface area (Å²) in [5.74, 6) is 0. The first kappa shape index (κ1) is 15.0. The maximum atomic E-state index is 12.5. The van der Waals surface area contributed by atoms with Crippen molar-refractivity contribution in [2.75, 3.05) is 13.1 Å². The molecule has 0 unspecified atom stereocenters. The summed E-state index contributed by atoms with van der Waals surface area (Å²) in [5, 5.41) is 0. The first-order valence-electron chi connectivity index (χ1n) is 6.89. The van der Waals surface area contributed by atoms with E-state index in [4.69, 9.17) is 0 Å². The van der Waals surface area contributed by atoms with E-state index in [0.29, 0.717) is 18.0 Å². The molecule has 0 atom stereocenters. The number of allylic oxidation sites excluding steroid dienone is 1. The molecule has 0 bridgehead atoms. The van der Waals surface area contributed by atoms with Crippen LogP contribution >= 0.6 is 0 Å². The predicted molar refractivity (Wildman–Crippen MR) is 82.1 cm³/mol. The molecule has 0 aromatic heterocycles. The number of aryl methyl sites for hydroxylation is 1. The lowest BCUT2D eigenvalue weighted by molar-refractivity contribution is 0.481. The van der Waals surface area contributed by atoms with Crippen molar-refractivity contribution in [1.29, 1.82) is 0 Å². The zero-order valence-electron chi connectivity index (χ0n) is 11.9. The lowest BCUT2D eigenvalue weighted by Crippen LogP contribution is -2.29. The topological polar surface area (TPSA) is 37.4 Å². The van der Waals surface area contributed by atoms with Crippen LogP contribution in [0.2, 0.25) is 0 Å². The lowest BCUT2D eigenvalue weighted by atomic mass is 10.1. The molecule has 108 valence electrons. The van der Waals surface area contributed by atoms with Gasteiger partial charge in [-0.2, -0.15) is 4.31 Å². The molecule has 0 radical (unpaired) electrons. The fraction of sp³-hybridized carbons (Fsp3) is 0.375. The van der Waals surface area contributed by atoms with E-state index >= 15 is 0 Å². The number of nitrogens with zero attached hydrogens (tertiary/aromatic N) is 1. The molecule has 1 aromatic carbocycles. The molecule has 20 heavy (non-hydrogen) atoms. The summed E-state index contributed by atoms with van der Waals surface area (Å²) < 4.78 is 26.5. The lowest BCUT2D eigenvalue weighted by Gasteiger charge is -2.16. The zero-order valence-corrected chi connectivity index (χ0v) is 12.7. The second-order valence-corrected chi connectivity index (χ2v) is 7.09. The molecule has 0 saturated carbocycles. The van der Waals surface area contributed by atoms with Gasteiger partial charge < -0.3 is 0 Å². The van der Waals surface area contributed by atoms with Crippen LogP contribution in [0.4, 0.5) is 0 Å². The normalized spacial score (nSPS) is 16.1. The van der Waals surface area contributed by atoms with Crippen LogP contribution in [0.25, 0.3) is 0 Å². The zero-order chi connectivity index (χ0) is 14.6. The smallest absolute Gasteiger partial charge is 0.207 e. The molecule has 0 aliphatic carbocycles. The number of benzene rings is 1. The molecular formula is C16H21NO2S. The number of sulfonamides is 1. The summed E-state index contributed by atoms with van der Waals surface area (Å²) in [5.41, 5.74) is 2.27. The van der Waals surface area contributed by atoms with Crippen molar-refractivity contribution in [3.63, 3.8) is 0 Å². The molecule has 2 rings (SSSR count). The summed E-state index contributed by atoms with van der Waals surface area (Å²) in [6, 6.07) is 7.03. The highest BCUT2D eigenvalue weighted by molar-refractivity contribution is 7.89. The van der Waals surface area contributed by atoms with E-state index in [-0.39, 0.29) is 0 Å². The quantitative estimate of drug-likeness (QED) is 0.596. The molecule has 0 saturated heterocycles. The van der Waals surface area contributed by atoms with Gasteiger partial charge in [-0.05, 0) is 38.3 Å². The van der Waals surface area contributed by atoms with Crippen LogP contribution in [0.15, 0.2) is 53.5 Å². The Kier molecular flexibility index (Phi) is 4.78. The van der Waals surface area contributed by atoms with Crippen molar-refractivity contribution in [3.8, 4) is 0 Å². The third-order valence-electron chi connectivity index (χ3n) is 3.53. The van der Waals surface area contributed by atoms with Crippen LogP contribution in [-0.2, 0) is 10.0 Å². The molecule has 0 amide bonds. The molecule has 0 spiro atoms. The molecule has 1 aromatic rings. The third-order valence-corrected chi connectivity index (χ3v) is 5.35. The Bertz CT molecular complexity index is 600.